The minimum absolute atomic E-state index is 0.370. The maximum atomic E-state index is 5.97. The fourth-order valence-electron chi connectivity index (χ4n) is 3.84. The Morgan fingerprint density at radius 3 is 2.62 bits per heavy atom. The number of para-hydroxylation sites is 1. The third-order valence-corrected chi connectivity index (χ3v) is 5.58. The summed E-state index contributed by atoms with van der Waals surface area (Å²) in [5.41, 5.74) is 5.41. The monoisotopic (exact) mass is 421 g/mol. The molecule has 1 N–H and O–H groups in total. The lowest BCUT2D eigenvalue weighted by Gasteiger charge is -2.14. The minimum atomic E-state index is 0.370. The second kappa shape index (κ2) is 8.98. The van der Waals surface area contributed by atoms with Crippen LogP contribution in [0.25, 0.3) is 22.3 Å². The molecule has 5 rings (SSSR count). The Morgan fingerprint density at radius 1 is 0.906 bits per heavy atom. The number of nitrogens with one attached hydrogen (secondary N) is 1. The quantitative estimate of drug-likeness (QED) is 0.384. The Kier molecular flexibility index (Phi) is 5.58. The number of nitrogens with zero attached hydrogens (tertiary/aromatic N) is 4. The zero-order valence-corrected chi connectivity index (χ0v) is 17.8. The number of tetrazole rings is 1. The van der Waals surface area contributed by atoms with E-state index >= 15 is 0 Å². The van der Waals surface area contributed by atoms with Gasteiger partial charge < -0.3 is 4.74 Å². The molecule has 0 aliphatic carbocycles. The SMILES string of the molecule is CC(Cc1cccc(-c2nnn[nH]2)c1)c1ccc(OCc2ccc3ccccc3n2)cc1. The number of hydrogen-bond donors (Lipinski definition) is 1. The Labute approximate surface area is 186 Å². The van der Waals surface area contributed by atoms with Crippen molar-refractivity contribution in [1.82, 2.24) is 25.6 Å². The molecule has 0 bridgehead atoms. The van der Waals surface area contributed by atoms with E-state index in [0.717, 1.165) is 34.3 Å². The van der Waals surface area contributed by atoms with Gasteiger partial charge in [-0.1, -0.05) is 61.5 Å². The second-order valence-corrected chi connectivity index (χ2v) is 7.91. The summed E-state index contributed by atoms with van der Waals surface area (Å²) >= 11 is 0. The second-order valence-electron chi connectivity index (χ2n) is 7.91. The molecule has 0 saturated carbocycles. The predicted molar refractivity (Wildman–Crippen MR) is 124 cm³/mol. The van der Waals surface area contributed by atoms with E-state index in [2.05, 4.69) is 68.9 Å². The molecule has 2 aromatic heterocycles. The molecule has 0 fully saturated rings. The van der Waals surface area contributed by atoms with Crippen LogP contribution < -0.4 is 4.74 Å². The van der Waals surface area contributed by atoms with Gasteiger partial charge in [0.2, 0.25) is 0 Å². The summed E-state index contributed by atoms with van der Waals surface area (Å²) in [6.45, 7) is 2.68. The van der Waals surface area contributed by atoms with Gasteiger partial charge in [0.25, 0.3) is 0 Å². The van der Waals surface area contributed by atoms with Gasteiger partial charge in [0.1, 0.15) is 12.4 Å². The number of hydrogen-bond acceptors (Lipinski definition) is 5. The number of fused-ring (bicyclic) bond motifs is 1. The lowest BCUT2D eigenvalue weighted by molar-refractivity contribution is 0.301. The van der Waals surface area contributed by atoms with E-state index < -0.39 is 0 Å². The minimum Gasteiger partial charge on any atom is -0.487 e. The molecule has 158 valence electrons. The van der Waals surface area contributed by atoms with Gasteiger partial charge >= 0.3 is 0 Å². The summed E-state index contributed by atoms with van der Waals surface area (Å²) in [7, 11) is 0. The molecule has 0 spiro atoms. The Morgan fingerprint density at radius 2 is 1.78 bits per heavy atom. The van der Waals surface area contributed by atoms with Gasteiger partial charge in [-0.15, -0.1) is 5.10 Å². The first-order chi connectivity index (χ1) is 15.7. The number of aromatic amines is 1. The van der Waals surface area contributed by atoms with Crippen molar-refractivity contribution in [1.29, 1.82) is 0 Å². The third kappa shape index (κ3) is 4.49. The van der Waals surface area contributed by atoms with Crippen LogP contribution in [0.5, 0.6) is 5.75 Å². The Balaban J connectivity index is 1.21. The van der Waals surface area contributed by atoms with E-state index in [1.807, 2.05) is 48.5 Å². The lowest BCUT2D eigenvalue weighted by Crippen LogP contribution is -2.01. The van der Waals surface area contributed by atoms with Crippen LogP contribution in [0.3, 0.4) is 0 Å². The smallest absolute Gasteiger partial charge is 0.179 e. The highest BCUT2D eigenvalue weighted by Gasteiger charge is 2.09. The summed E-state index contributed by atoms with van der Waals surface area (Å²) < 4.78 is 5.97. The summed E-state index contributed by atoms with van der Waals surface area (Å²) in [6, 6.07) is 28.9. The number of rotatable bonds is 7. The topological polar surface area (TPSA) is 76.6 Å². The van der Waals surface area contributed by atoms with Crippen molar-refractivity contribution in [2.45, 2.75) is 25.9 Å². The van der Waals surface area contributed by atoms with Gasteiger partial charge in [0, 0.05) is 10.9 Å². The van der Waals surface area contributed by atoms with E-state index in [4.69, 9.17) is 4.74 Å². The number of pyridine rings is 1. The zero-order valence-electron chi connectivity index (χ0n) is 17.8. The molecule has 0 saturated heterocycles. The van der Waals surface area contributed by atoms with E-state index in [1.165, 1.54) is 11.1 Å². The van der Waals surface area contributed by atoms with Crippen molar-refractivity contribution in [3.63, 3.8) is 0 Å². The molecule has 1 unspecified atom stereocenters. The molecule has 6 heteroatoms. The van der Waals surface area contributed by atoms with Gasteiger partial charge in [-0.3, -0.25) is 0 Å². The molecule has 0 amide bonds. The van der Waals surface area contributed by atoms with Crippen LogP contribution in [0.15, 0.2) is 84.9 Å². The highest BCUT2D eigenvalue weighted by Crippen LogP contribution is 2.25. The van der Waals surface area contributed by atoms with Crippen molar-refractivity contribution in [3.05, 3.63) is 102 Å². The first kappa shape index (κ1) is 19.9. The first-order valence-corrected chi connectivity index (χ1v) is 10.6. The molecule has 32 heavy (non-hydrogen) atoms. The number of benzene rings is 3. The molecule has 3 aromatic carbocycles. The van der Waals surface area contributed by atoms with Gasteiger partial charge in [-0.05, 0) is 64.2 Å². The maximum absolute atomic E-state index is 5.97. The molecule has 2 heterocycles. The van der Waals surface area contributed by atoms with E-state index in [-0.39, 0.29) is 0 Å². The van der Waals surface area contributed by atoms with Crippen LogP contribution in [0.4, 0.5) is 0 Å². The highest BCUT2D eigenvalue weighted by atomic mass is 16.5. The number of aromatic nitrogens is 5. The van der Waals surface area contributed by atoms with Crippen molar-refractivity contribution in [3.8, 4) is 17.1 Å². The standard InChI is InChI=1S/C26H23N5O/c1-18(15-19-5-4-7-22(16-19)26-28-30-31-29-26)20-10-13-24(14-11-20)32-17-23-12-9-21-6-2-3-8-25(21)27-23/h2-14,16,18H,15,17H2,1H3,(H,28,29,30,31). The largest absolute Gasteiger partial charge is 0.487 e. The molecule has 0 aliphatic heterocycles. The van der Waals surface area contributed by atoms with Crippen molar-refractivity contribution < 1.29 is 4.74 Å². The van der Waals surface area contributed by atoms with Crippen molar-refractivity contribution in [2.24, 2.45) is 0 Å². The predicted octanol–water partition coefficient (Wildman–Crippen LogP) is 5.34. The molecular weight excluding hydrogens is 398 g/mol. The molecule has 1 atom stereocenters. The van der Waals surface area contributed by atoms with Crippen LogP contribution in [0, 0.1) is 0 Å². The normalized spacial score (nSPS) is 12.0. The van der Waals surface area contributed by atoms with E-state index in [1.54, 1.807) is 0 Å². The van der Waals surface area contributed by atoms with Crippen molar-refractivity contribution in [2.75, 3.05) is 0 Å². The Bertz CT molecular complexity index is 1320. The van der Waals surface area contributed by atoms with Gasteiger partial charge in [0.05, 0.1) is 11.2 Å². The lowest BCUT2D eigenvalue weighted by atomic mass is 9.93. The van der Waals surface area contributed by atoms with Crippen LogP contribution in [0.1, 0.15) is 29.7 Å². The van der Waals surface area contributed by atoms with Crippen molar-refractivity contribution >= 4 is 10.9 Å². The third-order valence-electron chi connectivity index (χ3n) is 5.58. The first-order valence-electron chi connectivity index (χ1n) is 10.6. The van der Waals surface area contributed by atoms with Crippen LogP contribution in [-0.4, -0.2) is 25.6 Å². The fraction of sp³-hybridized carbons (Fsp3) is 0.154. The maximum Gasteiger partial charge on any atom is 0.179 e. The van der Waals surface area contributed by atoms with Crippen LogP contribution in [0.2, 0.25) is 0 Å². The molecule has 5 aromatic rings. The average Bonchev–Trinajstić information content (AvgIpc) is 3.38. The highest BCUT2D eigenvalue weighted by molar-refractivity contribution is 5.78. The molecule has 0 aliphatic rings. The summed E-state index contributed by atoms with van der Waals surface area (Å²) in [4.78, 5) is 4.67. The van der Waals surface area contributed by atoms with Gasteiger partial charge in [-0.25, -0.2) is 10.1 Å². The summed E-state index contributed by atoms with van der Waals surface area (Å²) in [5.74, 6) is 1.90. The summed E-state index contributed by atoms with van der Waals surface area (Å²) in [6.07, 6.45) is 0.927. The van der Waals surface area contributed by atoms with Crippen LogP contribution in [-0.2, 0) is 13.0 Å². The molecule has 6 nitrogen and oxygen atoms in total. The molecule has 0 radical (unpaired) electrons. The zero-order chi connectivity index (χ0) is 21.8. The fourth-order valence-corrected chi connectivity index (χ4v) is 3.84. The molecular formula is C26H23N5O. The van der Waals surface area contributed by atoms with E-state index in [0.29, 0.717) is 18.3 Å². The van der Waals surface area contributed by atoms with E-state index in [9.17, 15) is 0 Å². The average molecular weight is 422 g/mol. The number of H-pyrrole nitrogens is 1. The number of ether oxygens (including phenoxy) is 1. The van der Waals surface area contributed by atoms with Gasteiger partial charge in [0.15, 0.2) is 5.82 Å². The Hall–Kier alpha value is -4.06. The van der Waals surface area contributed by atoms with Gasteiger partial charge in [-0.2, -0.15) is 0 Å². The van der Waals surface area contributed by atoms with Crippen LogP contribution >= 0.6 is 0 Å². The summed E-state index contributed by atoms with van der Waals surface area (Å²) in [5, 5.41) is 15.3.